The quantitative estimate of drug-likeness (QED) is 0.699. The molecule has 128 valence electrons. The van der Waals surface area contributed by atoms with Gasteiger partial charge in [0.05, 0.1) is 5.52 Å². The third-order valence-electron chi connectivity index (χ3n) is 4.39. The number of hydrogen-bond acceptors (Lipinski definition) is 4. The second kappa shape index (κ2) is 6.54. The predicted molar refractivity (Wildman–Crippen MR) is 99.3 cm³/mol. The molecule has 0 spiro atoms. The molecule has 3 aromatic rings. The van der Waals surface area contributed by atoms with Gasteiger partial charge in [-0.25, -0.2) is 4.98 Å². The third-order valence-corrected chi connectivity index (χ3v) is 4.72. The molecular weight excluding hydrogens is 336 g/mol. The molecule has 2 aromatic carbocycles. The first-order valence-electron chi connectivity index (χ1n) is 8.26. The number of nitrogens with one attached hydrogen (secondary N) is 1. The van der Waals surface area contributed by atoms with Gasteiger partial charge in [-0.05, 0) is 54.8 Å². The van der Waals surface area contributed by atoms with Crippen molar-refractivity contribution in [2.24, 2.45) is 0 Å². The van der Waals surface area contributed by atoms with Crippen molar-refractivity contribution in [3.8, 4) is 11.5 Å². The molecule has 1 N–H and O–H groups in total. The zero-order valence-electron chi connectivity index (χ0n) is 14.2. The van der Waals surface area contributed by atoms with Gasteiger partial charge in [0.1, 0.15) is 5.15 Å². The predicted octanol–water partition coefficient (Wildman–Crippen LogP) is 4.52. The highest BCUT2D eigenvalue weighted by atomic mass is 35.5. The summed E-state index contributed by atoms with van der Waals surface area (Å²) in [4.78, 5) is 4.56. The highest BCUT2D eigenvalue weighted by Gasteiger charge is 2.13. The molecule has 1 aliphatic rings. The van der Waals surface area contributed by atoms with Crippen molar-refractivity contribution in [2.45, 2.75) is 26.9 Å². The third kappa shape index (κ3) is 3.28. The Hall–Kier alpha value is -2.30. The minimum Gasteiger partial charge on any atom is -0.454 e. The lowest BCUT2D eigenvalue weighted by molar-refractivity contribution is 0.174. The summed E-state index contributed by atoms with van der Waals surface area (Å²) in [5.41, 5.74) is 5.50. The van der Waals surface area contributed by atoms with E-state index in [2.05, 4.69) is 42.3 Å². The molecule has 0 radical (unpaired) electrons. The van der Waals surface area contributed by atoms with Gasteiger partial charge in [0.15, 0.2) is 11.5 Å². The van der Waals surface area contributed by atoms with Crippen molar-refractivity contribution in [1.29, 1.82) is 0 Å². The van der Waals surface area contributed by atoms with E-state index in [0.717, 1.165) is 40.1 Å². The highest BCUT2D eigenvalue weighted by molar-refractivity contribution is 6.30. The van der Waals surface area contributed by atoms with E-state index in [-0.39, 0.29) is 0 Å². The summed E-state index contributed by atoms with van der Waals surface area (Å²) < 4.78 is 10.7. The first-order chi connectivity index (χ1) is 12.1. The second-order valence-corrected chi connectivity index (χ2v) is 6.74. The fourth-order valence-corrected chi connectivity index (χ4v) is 3.38. The maximum Gasteiger partial charge on any atom is 0.231 e. The number of benzene rings is 2. The van der Waals surface area contributed by atoms with E-state index in [1.807, 2.05) is 18.2 Å². The van der Waals surface area contributed by atoms with E-state index in [9.17, 15) is 0 Å². The van der Waals surface area contributed by atoms with E-state index >= 15 is 0 Å². The first-order valence-corrected chi connectivity index (χ1v) is 8.63. The number of ether oxygens (including phenoxy) is 2. The van der Waals surface area contributed by atoms with Crippen molar-refractivity contribution in [2.75, 3.05) is 6.79 Å². The van der Waals surface area contributed by atoms with Crippen LogP contribution in [0.15, 0.2) is 36.4 Å². The lowest BCUT2D eigenvalue weighted by Crippen LogP contribution is -2.13. The summed E-state index contributed by atoms with van der Waals surface area (Å²) in [6.45, 7) is 5.85. The molecule has 5 heteroatoms. The Morgan fingerprint density at radius 1 is 1.04 bits per heavy atom. The zero-order chi connectivity index (χ0) is 17.4. The topological polar surface area (TPSA) is 43.4 Å². The van der Waals surface area contributed by atoms with E-state index in [0.29, 0.717) is 18.5 Å². The molecule has 0 atom stereocenters. The van der Waals surface area contributed by atoms with E-state index < -0.39 is 0 Å². The normalized spacial score (nSPS) is 12.8. The Morgan fingerprint density at radius 3 is 2.76 bits per heavy atom. The van der Waals surface area contributed by atoms with Gasteiger partial charge in [0, 0.05) is 24.0 Å². The number of nitrogens with zero attached hydrogens (tertiary/aromatic N) is 1. The Bertz CT molecular complexity index is 956. The number of rotatable bonds is 4. The number of aromatic nitrogens is 1. The van der Waals surface area contributed by atoms with E-state index in [1.165, 1.54) is 11.1 Å². The van der Waals surface area contributed by atoms with Gasteiger partial charge >= 0.3 is 0 Å². The molecular formula is C20H19ClN2O2. The molecule has 0 amide bonds. The number of pyridine rings is 1. The van der Waals surface area contributed by atoms with Crippen molar-refractivity contribution in [3.05, 3.63) is 63.8 Å². The summed E-state index contributed by atoms with van der Waals surface area (Å²) in [7, 11) is 0. The summed E-state index contributed by atoms with van der Waals surface area (Å²) >= 11 is 6.38. The summed E-state index contributed by atoms with van der Waals surface area (Å²) in [5, 5.41) is 5.12. The number of fused-ring (bicyclic) bond motifs is 2. The Balaban J connectivity index is 1.50. The van der Waals surface area contributed by atoms with E-state index in [4.69, 9.17) is 21.1 Å². The van der Waals surface area contributed by atoms with Gasteiger partial charge in [-0.3, -0.25) is 0 Å². The molecule has 4 rings (SSSR count). The van der Waals surface area contributed by atoms with Gasteiger partial charge < -0.3 is 14.8 Å². The average molecular weight is 355 g/mol. The van der Waals surface area contributed by atoms with Gasteiger partial charge in [-0.2, -0.15) is 0 Å². The molecule has 25 heavy (non-hydrogen) atoms. The van der Waals surface area contributed by atoms with Crippen molar-refractivity contribution >= 4 is 22.5 Å². The number of halogens is 1. The zero-order valence-corrected chi connectivity index (χ0v) is 15.0. The Labute approximate surface area is 151 Å². The number of aryl methyl sites for hydroxylation is 2. The second-order valence-electron chi connectivity index (χ2n) is 6.38. The minimum absolute atomic E-state index is 0.295. The first kappa shape index (κ1) is 16.2. The molecule has 0 aliphatic carbocycles. The van der Waals surface area contributed by atoms with Gasteiger partial charge in [0.2, 0.25) is 6.79 Å². The molecule has 0 saturated heterocycles. The van der Waals surface area contributed by atoms with Crippen LogP contribution in [0.4, 0.5) is 0 Å². The van der Waals surface area contributed by atoms with Crippen LogP contribution in [0.2, 0.25) is 5.15 Å². The molecule has 0 unspecified atom stereocenters. The van der Waals surface area contributed by atoms with Crippen LogP contribution in [-0.2, 0) is 13.1 Å². The van der Waals surface area contributed by atoms with E-state index in [1.54, 1.807) is 0 Å². The van der Waals surface area contributed by atoms with Crippen molar-refractivity contribution < 1.29 is 9.47 Å². The summed E-state index contributed by atoms with van der Waals surface area (Å²) in [6, 6.07) is 12.3. The van der Waals surface area contributed by atoms with Crippen LogP contribution >= 0.6 is 11.6 Å². The van der Waals surface area contributed by atoms with Crippen LogP contribution in [0.5, 0.6) is 11.5 Å². The SMILES string of the molecule is Cc1cc(C)c2cc(CNCc3ccc4c(c3)OCO4)c(Cl)nc2c1. The average Bonchev–Trinajstić information content (AvgIpc) is 3.03. The molecule has 0 bridgehead atoms. The molecule has 1 aromatic heterocycles. The molecule has 4 nitrogen and oxygen atoms in total. The fourth-order valence-electron chi connectivity index (χ4n) is 3.16. The maximum absolute atomic E-state index is 6.38. The number of hydrogen-bond donors (Lipinski definition) is 1. The smallest absolute Gasteiger partial charge is 0.231 e. The Morgan fingerprint density at radius 2 is 1.88 bits per heavy atom. The molecule has 1 aliphatic heterocycles. The highest BCUT2D eigenvalue weighted by Crippen LogP contribution is 2.32. The summed E-state index contributed by atoms with van der Waals surface area (Å²) in [5.74, 6) is 1.60. The molecule has 0 saturated carbocycles. The maximum atomic E-state index is 6.38. The fraction of sp³-hybridized carbons (Fsp3) is 0.250. The van der Waals surface area contributed by atoms with Crippen molar-refractivity contribution in [3.63, 3.8) is 0 Å². The van der Waals surface area contributed by atoms with Gasteiger partial charge in [-0.1, -0.05) is 23.7 Å². The van der Waals surface area contributed by atoms with Gasteiger partial charge in [0.25, 0.3) is 0 Å². The van der Waals surface area contributed by atoms with Crippen LogP contribution in [0, 0.1) is 13.8 Å². The van der Waals surface area contributed by atoms with Crippen LogP contribution < -0.4 is 14.8 Å². The molecule has 0 fully saturated rings. The largest absolute Gasteiger partial charge is 0.454 e. The van der Waals surface area contributed by atoms with Crippen LogP contribution in [-0.4, -0.2) is 11.8 Å². The lowest BCUT2D eigenvalue weighted by Gasteiger charge is -2.10. The lowest BCUT2D eigenvalue weighted by atomic mass is 10.0. The summed E-state index contributed by atoms with van der Waals surface area (Å²) in [6.07, 6.45) is 0. The van der Waals surface area contributed by atoms with Crippen LogP contribution in [0.3, 0.4) is 0 Å². The van der Waals surface area contributed by atoms with Crippen LogP contribution in [0.25, 0.3) is 10.9 Å². The molecule has 2 heterocycles. The van der Waals surface area contributed by atoms with Crippen molar-refractivity contribution in [1.82, 2.24) is 10.3 Å². The standard InChI is InChI=1S/C20H19ClN2O2/c1-12-5-13(2)16-8-15(20(21)23-17(16)6-12)10-22-9-14-3-4-18-19(7-14)25-11-24-18/h3-8,22H,9-11H2,1-2H3. The Kier molecular flexibility index (Phi) is 4.24. The minimum atomic E-state index is 0.295. The van der Waals surface area contributed by atoms with Gasteiger partial charge in [-0.15, -0.1) is 0 Å². The van der Waals surface area contributed by atoms with Crippen LogP contribution in [0.1, 0.15) is 22.3 Å². The monoisotopic (exact) mass is 354 g/mol.